The van der Waals surface area contributed by atoms with Crippen LogP contribution in [0.3, 0.4) is 0 Å². The summed E-state index contributed by atoms with van der Waals surface area (Å²) in [4.78, 5) is 0.455. The summed E-state index contributed by atoms with van der Waals surface area (Å²) in [5, 5.41) is 3.09. The van der Waals surface area contributed by atoms with Crippen molar-refractivity contribution in [1.29, 1.82) is 0 Å². The summed E-state index contributed by atoms with van der Waals surface area (Å²) in [6, 6.07) is 5.63. The Balaban J connectivity index is 2.41. The first-order valence-corrected chi connectivity index (χ1v) is 9.07. The van der Waals surface area contributed by atoms with Gasteiger partial charge in [0.25, 0.3) is 0 Å². The van der Waals surface area contributed by atoms with Gasteiger partial charge < -0.3 is 5.32 Å². The van der Waals surface area contributed by atoms with Gasteiger partial charge >= 0.3 is 0 Å². The number of sulfonamides is 1. The molecule has 0 aliphatic carbocycles. The van der Waals surface area contributed by atoms with E-state index in [1.165, 1.54) is 0 Å². The number of benzene rings is 1. The van der Waals surface area contributed by atoms with Crippen molar-refractivity contribution in [2.75, 3.05) is 13.6 Å². The molecule has 1 aromatic carbocycles. The molecule has 1 aliphatic rings. The van der Waals surface area contributed by atoms with Gasteiger partial charge in [-0.3, -0.25) is 0 Å². The van der Waals surface area contributed by atoms with Crippen LogP contribution >= 0.6 is 0 Å². The number of hydrogen-bond acceptors (Lipinski definition) is 3. The van der Waals surface area contributed by atoms with Crippen molar-refractivity contribution < 1.29 is 8.42 Å². The fraction of sp³-hybridized carbons (Fsp3) is 0.625. The second-order valence-electron chi connectivity index (χ2n) is 6.18. The van der Waals surface area contributed by atoms with E-state index < -0.39 is 10.0 Å². The van der Waals surface area contributed by atoms with Gasteiger partial charge in [0.05, 0.1) is 4.90 Å². The van der Waals surface area contributed by atoms with Gasteiger partial charge in [0, 0.05) is 19.1 Å². The number of nitrogens with one attached hydrogen (secondary N) is 1. The van der Waals surface area contributed by atoms with Gasteiger partial charge in [-0.05, 0) is 56.8 Å². The van der Waals surface area contributed by atoms with Crippen LogP contribution in [0.4, 0.5) is 0 Å². The predicted octanol–water partition coefficient (Wildman–Crippen LogP) is 2.52. The van der Waals surface area contributed by atoms with Gasteiger partial charge in [0.15, 0.2) is 0 Å². The van der Waals surface area contributed by atoms with Crippen molar-refractivity contribution in [2.45, 2.75) is 51.1 Å². The van der Waals surface area contributed by atoms with Gasteiger partial charge in [-0.1, -0.05) is 19.1 Å². The molecule has 0 bridgehead atoms. The molecular weight excluding hydrogens is 284 g/mol. The van der Waals surface area contributed by atoms with Crippen LogP contribution in [0, 0.1) is 12.8 Å². The molecule has 2 atom stereocenters. The molecule has 2 unspecified atom stereocenters. The predicted molar refractivity (Wildman–Crippen MR) is 85.7 cm³/mol. The maximum atomic E-state index is 13.0. The molecule has 1 aromatic rings. The van der Waals surface area contributed by atoms with Crippen LogP contribution in [0.25, 0.3) is 0 Å². The smallest absolute Gasteiger partial charge is 0.243 e. The van der Waals surface area contributed by atoms with Gasteiger partial charge in [-0.15, -0.1) is 0 Å². The molecule has 118 valence electrons. The SMILES string of the molecule is CNCc1cccc(S(=O)(=O)N2CC(C)CCC2C)c1C. The third-order valence-electron chi connectivity index (χ3n) is 4.41. The molecule has 1 fully saturated rings. The van der Waals surface area contributed by atoms with Gasteiger partial charge in [0.2, 0.25) is 10.0 Å². The molecule has 4 nitrogen and oxygen atoms in total. The molecule has 1 heterocycles. The Morgan fingerprint density at radius 2 is 2.00 bits per heavy atom. The highest BCUT2D eigenvalue weighted by Gasteiger charge is 2.34. The first kappa shape index (κ1) is 16.5. The first-order valence-electron chi connectivity index (χ1n) is 7.63. The van der Waals surface area contributed by atoms with E-state index in [0.717, 1.165) is 24.0 Å². The normalized spacial score (nSPS) is 24.2. The van der Waals surface area contributed by atoms with Gasteiger partial charge in [0.1, 0.15) is 0 Å². The summed E-state index contributed by atoms with van der Waals surface area (Å²) in [6.07, 6.45) is 2.04. The number of nitrogens with zero attached hydrogens (tertiary/aromatic N) is 1. The molecule has 2 rings (SSSR count). The van der Waals surface area contributed by atoms with Crippen molar-refractivity contribution in [3.63, 3.8) is 0 Å². The average Bonchev–Trinajstić information content (AvgIpc) is 2.43. The van der Waals surface area contributed by atoms with Crippen LogP contribution in [-0.4, -0.2) is 32.4 Å². The van der Waals surface area contributed by atoms with Crippen molar-refractivity contribution in [3.8, 4) is 0 Å². The molecular formula is C16H26N2O2S. The molecule has 0 saturated carbocycles. The first-order chi connectivity index (χ1) is 9.87. The second-order valence-corrected chi connectivity index (χ2v) is 8.04. The lowest BCUT2D eigenvalue weighted by Crippen LogP contribution is -2.45. The van der Waals surface area contributed by atoms with E-state index in [4.69, 9.17) is 0 Å². The van der Waals surface area contributed by atoms with E-state index in [9.17, 15) is 8.42 Å². The minimum atomic E-state index is -3.41. The summed E-state index contributed by atoms with van der Waals surface area (Å²) in [6.45, 7) is 7.34. The Morgan fingerprint density at radius 3 is 2.67 bits per heavy atom. The molecule has 1 aliphatic heterocycles. The zero-order chi connectivity index (χ0) is 15.6. The number of piperidine rings is 1. The standard InChI is InChI=1S/C16H26N2O2S/c1-12-8-9-13(2)18(11-12)21(19,20)16-7-5-6-15(10-17-4)14(16)3/h5-7,12-13,17H,8-11H2,1-4H3. The van der Waals surface area contributed by atoms with Crippen LogP contribution < -0.4 is 5.32 Å². The highest BCUT2D eigenvalue weighted by atomic mass is 32.2. The van der Waals surface area contributed by atoms with E-state index in [-0.39, 0.29) is 6.04 Å². The molecule has 1 N–H and O–H groups in total. The molecule has 0 spiro atoms. The van der Waals surface area contributed by atoms with E-state index >= 15 is 0 Å². The molecule has 1 saturated heterocycles. The minimum absolute atomic E-state index is 0.0820. The van der Waals surface area contributed by atoms with Crippen LogP contribution in [-0.2, 0) is 16.6 Å². The van der Waals surface area contributed by atoms with Crippen LogP contribution in [0.15, 0.2) is 23.1 Å². The van der Waals surface area contributed by atoms with E-state index in [0.29, 0.717) is 23.9 Å². The Bertz CT molecular complexity index is 598. The van der Waals surface area contributed by atoms with Crippen molar-refractivity contribution >= 4 is 10.0 Å². The van der Waals surface area contributed by atoms with Gasteiger partial charge in [-0.2, -0.15) is 4.31 Å². The maximum absolute atomic E-state index is 13.0. The summed E-state index contributed by atoms with van der Waals surface area (Å²) in [5.41, 5.74) is 1.90. The average molecular weight is 310 g/mol. The Kier molecular flexibility index (Phi) is 5.07. The lowest BCUT2D eigenvalue weighted by molar-refractivity contribution is 0.218. The second kappa shape index (κ2) is 6.46. The Morgan fingerprint density at radius 1 is 1.29 bits per heavy atom. The maximum Gasteiger partial charge on any atom is 0.243 e. The minimum Gasteiger partial charge on any atom is -0.316 e. The molecule has 0 aromatic heterocycles. The lowest BCUT2D eigenvalue weighted by Gasteiger charge is -2.36. The molecule has 0 amide bonds. The van der Waals surface area contributed by atoms with Gasteiger partial charge in [-0.25, -0.2) is 8.42 Å². The summed E-state index contributed by atoms with van der Waals surface area (Å²) >= 11 is 0. The van der Waals surface area contributed by atoms with Crippen LogP contribution in [0.1, 0.15) is 37.8 Å². The van der Waals surface area contributed by atoms with E-state index in [2.05, 4.69) is 12.2 Å². The van der Waals surface area contributed by atoms with Crippen LogP contribution in [0.5, 0.6) is 0 Å². The van der Waals surface area contributed by atoms with E-state index in [1.54, 1.807) is 10.4 Å². The Hall–Kier alpha value is -0.910. The lowest BCUT2D eigenvalue weighted by atomic mass is 9.97. The zero-order valence-corrected chi connectivity index (χ0v) is 14.2. The summed E-state index contributed by atoms with van der Waals surface area (Å²) in [5.74, 6) is 0.428. The van der Waals surface area contributed by atoms with E-state index in [1.807, 2.05) is 33.0 Å². The molecule has 21 heavy (non-hydrogen) atoms. The number of rotatable bonds is 4. The third-order valence-corrected chi connectivity index (χ3v) is 6.54. The molecule has 0 radical (unpaired) electrons. The highest BCUT2D eigenvalue weighted by Crippen LogP contribution is 2.30. The quantitative estimate of drug-likeness (QED) is 0.929. The highest BCUT2D eigenvalue weighted by molar-refractivity contribution is 7.89. The largest absolute Gasteiger partial charge is 0.316 e. The van der Waals surface area contributed by atoms with Crippen LogP contribution in [0.2, 0.25) is 0 Å². The van der Waals surface area contributed by atoms with Crippen molar-refractivity contribution in [3.05, 3.63) is 29.3 Å². The topological polar surface area (TPSA) is 49.4 Å². The number of hydrogen-bond donors (Lipinski definition) is 1. The summed E-state index contributed by atoms with van der Waals surface area (Å²) < 4.78 is 27.7. The monoisotopic (exact) mass is 310 g/mol. The zero-order valence-electron chi connectivity index (χ0n) is 13.4. The Labute approximate surface area is 128 Å². The van der Waals surface area contributed by atoms with Crippen molar-refractivity contribution in [2.24, 2.45) is 5.92 Å². The fourth-order valence-corrected chi connectivity index (χ4v) is 5.08. The summed E-state index contributed by atoms with van der Waals surface area (Å²) in [7, 11) is -1.54. The van der Waals surface area contributed by atoms with Crippen molar-refractivity contribution in [1.82, 2.24) is 9.62 Å². The molecule has 5 heteroatoms. The fourth-order valence-electron chi connectivity index (χ4n) is 3.03. The third kappa shape index (κ3) is 3.30.